The molecule has 0 unspecified atom stereocenters. The van der Waals surface area contributed by atoms with Gasteiger partial charge in [0, 0.05) is 6.42 Å². The lowest BCUT2D eigenvalue weighted by Gasteiger charge is -1.98. The first-order valence-electron chi connectivity index (χ1n) is 3.99. The van der Waals surface area contributed by atoms with Crippen molar-refractivity contribution in [3.05, 3.63) is 12.2 Å². The molecule has 0 fully saturated rings. The molecule has 2 heteroatoms. The predicted molar refractivity (Wildman–Crippen MR) is 45.2 cm³/mol. The first-order chi connectivity index (χ1) is 5.16. The SMILES string of the molecule is CCC(=O)OCC=CC(C)C. The maximum Gasteiger partial charge on any atom is 0.305 e. The van der Waals surface area contributed by atoms with Gasteiger partial charge in [0.1, 0.15) is 6.61 Å². The van der Waals surface area contributed by atoms with Gasteiger partial charge in [0.25, 0.3) is 0 Å². The Morgan fingerprint density at radius 1 is 1.55 bits per heavy atom. The molecule has 0 amide bonds. The van der Waals surface area contributed by atoms with Crippen LogP contribution in [-0.4, -0.2) is 12.6 Å². The molecule has 0 saturated carbocycles. The molecular weight excluding hydrogens is 140 g/mol. The van der Waals surface area contributed by atoms with E-state index in [9.17, 15) is 4.79 Å². The maximum absolute atomic E-state index is 10.6. The number of hydrogen-bond acceptors (Lipinski definition) is 2. The van der Waals surface area contributed by atoms with Gasteiger partial charge in [-0.2, -0.15) is 0 Å². The van der Waals surface area contributed by atoms with Crippen molar-refractivity contribution in [2.24, 2.45) is 5.92 Å². The van der Waals surface area contributed by atoms with E-state index in [1.807, 2.05) is 12.2 Å². The summed E-state index contributed by atoms with van der Waals surface area (Å²) in [7, 11) is 0. The second-order valence-corrected chi connectivity index (χ2v) is 2.71. The highest BCUT2D eigenvalue weighted by molar-refractivity contribution is 5.68. The average Bonchev–Trinajstić information content (AvgIpc) is 1.97. The smallest absolute Gasteiger partial charge is 0.305 e. The third-order valence-electron chi connectivity index (χ3n) is 1.15. The molecule has 0 aromatic rings. The first kappa shape index (κ1) is 10.2. The largest absolute Gasteiger partial charge is 0.461 e. The molecule has 0 aliphatic carbocycles. The van der Waals surface area contributed by atoms with Crippen molar-refractivity contribution in [3.63, 3.8) is 0 Å². The Balaban J connectivity index is 3.34. The molecule has 0 aliphatic heterocycles. The van der Waals surface area contributed by atoms with Crippen LogP contribution in [0.5, 0.6) is 0 Å². The van der Waals surface area contributed by atoms with E-state index in [0.717, 1.165) is 0 Å². The number of rotatable bonds is 4. The fourth-order valence-corrected chi connectivity index (χ4v) is 0.571. The van der Waals surface area contributed by atoms with Crippen molar-refractivity contribution < 1.29 is 9.53 Å². The van der Waals surface area contributed by atoms with Crippen LogP contribution in [0, 0.1) is 5.92 Å². The topological polar surface area (TPSA) is 26.3 Å². The molecule has 0 saturated heterocycles. The average molecular weight is 156 g/mol. The molecule has 0 aromatic heterocycles. The fraction of sp³-hybridized carbons (Fsp3) is 0.667. The summed E-state index contributed by atoms with van der Waals surface area (Å²) in [5.74, 6) is 0.383. The second-order valence-electron chi connectivity index (χ2n) is 2.71. The molecule has 0 heterocycles. The highest BCUT2D eigenvalue weighted by atomic mass is 16.5. The highest BCUT2D eigenvalue weighted by Crippen LogP contribution is 1.93. The molecule has 0 radical (unpaired) electrons. The van der Waals surface area contributed by atoms with Crippen LogP contribution < -0.4 is 0 Å². The first-order valence-corrected chi connectivity index (χ1v) is 3.99. The van der Waals surface area contributed by atoms with Gasteiger partial charge in [-0.3, -0.25) is 4.79 Å². The van der Waals surface area contributed by atoms with Gasteiger partial charge in [-0.15, -0.1) is 0 Å². The molecule has 0 N–H and O–H groups in total. The van der Waals surface area contributed by atoms with Gasteiger partial charge in [-0.05, 0) is 5.92 Å². The van der Waals surface area contributed by atoms with Gasteiger partial charge in [-0.25, -0.2) is 0 Å². The lowest BCUT2D eigenvalue weighted by Crippen LogP contribution is -2.01. The fourth-order valence-electron chi connectivity index (χ4n) is 0.571. The lowest BCUT2D eigenvalue weighted by molar-refractivity contribution is -0.141. The third-order valence-corrected chi connectivity index (χ3v) is 1.15. The van der Waals surface area contributed by atoms with E-state index >= 15 is 0 Å². The third kappa shape index (κ3) is 7.10. The molecule has 0 aliphatic rings. The van der Waals surface area contributed by atoms with Crippen LogP contribution in [0.1, 0.15) is 27.2 Å². The molecule has 2 nitrogen and oxygen atoms in total. The summed E-state index contributed by atoms with van der Waals surface area (Å²) in [6, 6.07) is 0. The Kier molecular flexibility index (Phi) is 5.53. The highest BCUT2D eigenvalue weighted by Gasteiger charge is 1.93. The van der Waals surface area contributed by atoms with Crippen LogP contribution in [0.25, 0.3) is 0 Å². The minimum atomic E-state index is -0.140. The zero-order valence-electron chi connectivity index (χ0n) is 7.46. The van der Waals surface area contributed by atoms with Gasteiger partial charge in [0.15, 0.2) is 0 Å². The number of carbonyl (C=O) groups excluding carboxylic acids is 1. The van der Waals surface area contributed by atoms with Crippen molar-refractivity contribution in [2.45, 2.75) is 27.2 Å². The van der Waals surface area contributed by atoms with Crippen molar-refractivity contribution in [2.75, 3.05) is 6.61 Å². The summed E-state index contributed by atoms with van der Waals surface area (Å²) < 4.78 is 4.82. The predicted octanol–water partition coefficient (Wildman–Crippen LogP) is 2.15. The van der Waals surface area contributed by atoms with E-state index in [0.29, 0.717) is 18.9 Å². The number of esters is 1. The standard InChI is InChI=1S/C9H16O2/c1-4-9(10)11-7-5-6-8(2)3/h5-6,8H,4,7H2,1-3H3. The van der Waals surface area contributed by atoms with E-state index in [-0.39, 0.29) is 5.97 Å². The zero-order valence-corrected chi connectivity index (χ0v) is 7.46. The molecule has 0 bridgehead atoms. The summed E-state index contributed by atoms with van der Waals surface area (Å²) in [5, 5.41) is 0. The van der Waals surface area contributed by atoms with Gasteiger partial charge in [0.2, 0.25) is 0 Å². The molecule has 0 atom stereocenters. The minimum absolute atomic E-state index is 0.140. The zero-order chi connectivity index (χ0) is 8.69. The second kappa shape index (κ2) is 5.96. The summed E-state index contributed by atoms with van der Waals surface area (Å²) in [6.07, 6.45) is 4.34. The van der Waals surface area contributed by atoms with Gasteiger partial charge in [-0.1, -0.05) is 32.9 Å². The normalized spacial score (nSPS) is 10.9. The van der Waals surface area contributed by atoms with Crippen LogP contribution >= 0.6 is 0 Å². The Morgan fingerprint density at radius 3 is 2.64 bits per heavy atom. The van der Waals surface area contributed by atoms with Gasteiger partial charge < -0.3 is 4.74 Å². The molecule has 11 heavy (non-hydrogen) atoms. The lowest BCUT2D eigenvalue weighted by atomic mass is 10.2. The maximum atomic E-state index is 10.6. The summed E-state index contributed by atoms with van der Waals surface area (Å²) in [4.78, 5) is 10.6. The van der Waals surface area contributed by atoms with Crippen LogP contribution in [0.2, 0.25) is 0 Å². The van der Waals surface area contributed by atoms with Crippen LogP contribution in [-0.2, 0) is 9.53 Å². The Labute approximate surface area is 68.2 Å². The molecule has 0 rings (SSSR count). The van der Waals surface area contributed by atoms with Crippen LogP contribution in [0.15, 0.2) is 12.2 Å². The molecule has 0 spiro atoms. The minimum Gasteiger partial charge on any atom is -0.461 e. The number of ether oxygens (including phenoxy) is 1. The number of allylic oxidation sites excluding steroid dienone is 1. The van der Waals surface area contributed by atoms with E-state index in [2.05, 4.69) is 13.8 Å². The van der Waals surface area contributed by atoms with Crippen molar-refractivity contribution >= 4 is 5.97 Å². The molecule has 0 aromatic carbocycles. The summed E-state index contributed by atoms with van der Waals surface area (Å²) in [6.45, 7) is 6.36. The summed E-state index contributed by atoms with van der Waals surface area (Å²) >= 11 is 0. The van der Waals surface area contributed by atoms with Gasteiger partial charge in [0.05, 0.1) is 0 Å². The van der Waals surface area contributed by atoms with Crippen molar-refractivity contribution in [1.82, 2.24) is 0 Å². The number of hydrogen-bond donors (Lipinski definition) is 0. The van der Waals surface area contributed by atoms with Crippen molar-refractivity contribution in [3.8, 4) is 0 Å². The quantitative estimate of drug-likeness (QED) is 0.460. The monoisotopic (exact) mass is 156 g/mol. The number of carbonyl (C=O) groups is 1. The Morgan fingerprint density at radius 2 is 2.18 bits per heavy atom. The Bertz CT molecular complexity index is 136. The Hall–Kier alpha value is -0.790. The van der Waals surface area contributed by atoms with Gasteiger partial charge >= 0.3 is 5.97 Å². The molecule has 64 valence electrons. The van der Waals surface area contributed by atoms with E-state index in [4.69, 9.17) is 4.74 Å². The van der Waals surface area contributed by atoms with Crippen LogP contribution in [0.3, 0.4) is 0 Å². The molecular formula is C9H16O2. The van der Waals surface area contributed by atoms with E-state index in [1.165, 1.54) is 0 Å². The van der Waals surface area contributed by atoms with E-state index in [1.54, 1.807) is 6.92 Å². The van der Waals surface area contributed by atoms with Crippen molar-refractivity contribution in [1.29, 1.82) is 0 Å². The van der Waals surface area contributed by atoms with Crippen LogP contribution in [0.4, 0.5) is 0 Å². The summed E-state index contributed by atoms with van der Waals surface area (Å²) in [5.41, 5.74) is 0. The van der Waals surface area contributed by atoms with E-state index < -0.39 is 0 Å².